The molecule has 2 rings (SSSR count). The van der Waals surface area contributed by atoms with E-state index in [0.717, 1.165) is 11.1 Å². The number of carbonyl (C=O) groups excluding carboxylic acids is 2. The summed E-state index contributed by atoms with van der Waals surface area (Å²) in [6, 6.07) is 18.5. The standard InChI is InChI=1S/C18H19NO3/c1-19-17(20)15(13-9-5-3-6-10-13)16(18(21)22-2)14-11-7-4-8-12-14/h3-12,15-16H,1-2H3,(H,19,20)/t15-,16-/m0/s1. The van der Waals surface area contributed by atoms with Gasteiger partial charge in [0.15, 0.2) is 0 Å². The van der Waals surface area contributed by atoms with Crippen molar-refractivity contribution in [3.8, 4) is 0 Å². The van der Waals surface area contributed by atoms with Gasteiger partial charge in [-0.25, -0.2) is 0 Å². The minimum atomic E-state index is -0.687. The van der Waals surface area contributed by atoms with Crippen molar-refractivity contribution >= 4 is 11.9 Å². The molecule has 0 radical (unpaired) electrons. The van der Waals surface area contributed by atoms with Crippen molar-refractivity contribution < 1.29 is 14.3 Å². The number of benzene rings is 2. The van der Waals surface area contributed by atoms with Crippen LogP contribution >= 0.6 is 0 Å². The van der Waals surface area contributed by atoms with Crippen molar-refractivity contribution in [3.63, 3.8) is 0 Å². The second-order valence-corrected chi connectivity index (χ2v) is 4.91. The van der Waals surface area contributed by atoms with E-state index in [4.69, 9.17) is 4.74 Å². The Morgan fingerprint density at radius 3 is 1.73 bits per heavy atom. The van der Waals surface area contributed by atoms with Gasteiger partial charge in [0.05, 0.1) is 18.9 Å². The molecule has 2 aromatic rings. The molecule has 0 saturated heterocycles. The van der Waals surface area contributed by atoms with Crippen molar-refractivity contribution in [3.05, 3.63) is 71.8 Å². The molecule has 0 heterocycles. The molecule has 0 bridgehead atoms. The summed E-state index contributed by atoms with van der Waals surface area (Å²) in [6.07, 6.45) is 0. The van der Waals surface area contributed by atoms with E-state index in [1.807, 2.05) is 60.7 Å². The van der Waals surface area contributed by atoms with Crippen molar-refractivity contribution in [1.82, 2.24) is 5.32 Å². The van der Waals surface area contributed by atoms with Crippen LogP contribution in [0, 0.1) is 0 Å². The van der Waals surface area contributed by atoms with E-state index >= 15 is 0 Å². The first-order chi connectivity index (χ1) is 10.7. The fraction of sp³-hybridized carbons (Fsp3) is 0.222. The predicted octanol–water partition coefficient (Wildman–Crippen LogP) is 2.47. The van der Waals surface area contributed by atoms with E-state index in [1.165, 1.54) is 7.11 Å². The summed E-state index contributed by atoms with van der Waals surface area (Å²) in [5, 5.41) is 2.65. The minimum Gasteiger partial charge on any atom is -0.469 e. The van der Waals surface area contributed by atoms with Crippen LogP contribution < -0.4 is 5.32 Å². The van der Waals surface area contributed by atoms with Gasteiger partial charge in [-0.3, -0.25) is 9.59 Å². The number of amides is 1. The van der Waals surface area contributed by atoms with Crippen LogP contribution in [-0.2, 0) is 14.3 Å². The van der Waals surface area contributed by atoms with Crippen LogP contribution in [0.4, 0.5) is 0 Å². The Bertz CT molecular complexity index is 568. The molecule has 4 heteroatoms. The average Bonchev–Trinajstić information content (AvgIpc) is 2.59. The number of carbonyl (C=O) groups is 2. The maximum atomic E-state index is 12.4. The molecule has 0 saturated carbocycles. The van der Waals surface area contributed by atoms with Crippen molar-refractivity contribution in [2.75, 3.05) is 14.2 Å². The third-order valence-corrected chi connectivity index (χ3v) is 3.63. The van der Waals surface area contributed by atoms with Gasteiger partial charge in [0.1, 0.15) is 0 Å². The van der Waals surface area contributed by atoms with E-state index in [2.05, 4.69) is 5.32 Å². The lowest BCUT2D eigenvalue weighted by Crippen LogP contribution is -2.34. The van der Waals surface area contributed by atoms with E-state index in [9.17, 15) is 9.59 Å². The lowest BCUT2D eigenvalue weighted by Gasteiger charge is -2.24. The summed E-state index contributed by atoms with van der Waals surface area (Å²) in [5.74, 6) is -1.97. The van der Waals surface area contributed by atoms with Gasteiger partial charge in [0.2, 0.25) is 5.91 Å². The Kier molecular flexibility index (Phi) is 5.31. The first kappa shape index (κ1) is 15.8. The first-order valence-electron chi connectivity index (χ1n) is 7.08. The molecule has 0 spiro atoms. The van der Waals surface area contributed by atoms with E-state index in [0.29, 0.717) is 0 Å². The number of esters is 1. The number of hydrogen-bond donors (Lipinski definition) is 1. The number of hydrogen-bond acceptors (Lipinski definition) is 3. The number of likely N-dealkylation sites (N-methyl/N-ethyl adjacent to an activating group) is 1. The van der Waals surface area contributed by atoms with E-state index < -0.39 is 17.8 Å². The van der Waals surface area contributed by atoms with Crippen molar-refractivity contribution in [2.45, 2.75) is 11.8 Å². The van der Waals surface area contributed by atoms with Crippen molar-refractivity contribution in [1.29, 1.82) is 0 Å². The Morgan fingerprint density at radius 2 is 1.32 bits per heavy atom. The SMILES string of the molecule is CNC(=O)[C@@H](c1ccccc1)[C@@H](C(=O)OC)c1ccccc1. The van der Waals surface area contributed by atoms with Crippen LogP contribution in [0.5, 0.6) is 0 Å². The molecule has 0 unspecified atom stereocenters. The lowest BCUT2D eigenvalue weighted by molar-refractivity contribution is -0.145. The minimum absolute atomic E-state index is 0.217. The Balaban J connectivity index is 2.54. The molecule has 2 atom stereocenters. The fourth-order valence-corrected chi connectivity index (χ4v) is 2.56. The number of rotatable bonds is 5. The van der Waals surface area contributed by atoms with Crippen LogP contribution in [0.1, 0.15) is 23.0 Å². The van der Waals surface area contributed by atoms with Gasteiger partial charge in [-0.2, -0.15) is 0 Å². The van der Waals surface area contributed by atoms with Crippen LogP contribution in [0.25, 0.3) is 0 Å². The molecule has 0 aliphatic rings. The van der Waals surface area contributed by atoms with Crippen LogP contribution in [-0.4, -0.2) is 26.0 Å². The lowest BCUT2D eigenvalue weighted by atomic mass is 9.80. The summed E-state index contributed by atoms with van der Waals surface area (Å²) < 4.78 is 4.94. The second kappa shape index (κ2) is 7.41. The smallest absolute Gasteiger partial charge is 0.314 e. The van der Waals surface area contributed by atoms with Gasteiger partial charge in [0, 0.05) is 7.05 Å². The Labute approximate surface area is 130 Å². The van der Waals surface area contributed by atoms with Gasteiger partial charge >= 0.3 is 5.97 Å². The summed E-state index contributed by atoms with van der Waals surface area (Å²) >= 11 is 0. The normalized spacial score (nSPS) is 13.0. The molecule has 0 aromatic heterocycles. The highest BCUT2D eigenvalue weighted by molar-refractivity contribution is 5.92. The third kappa shape index (κ3) is 3.34. The molecular formula is C18H19NO3. The molecule has 0 fully saturated rings. The van der Waals surface area contributed by atoms with Gasteiger partial charge in [-0.05, 0) is 11.1 Å². The first-order valence-corrected chi connectivity index (χ1v) is 7.08. The second-order valence-electron chi connectivity index (χ2n) is 4.91. The molecule has 114 valence electrons. The van der Waals surface area contributed by atoms with Gasteiger partial charge in [0.25, 0.3) is 0 Å². The molecule has 4 nitrogen and oxygen atoms in total. The number of ether oxygens (including phenoxy) is 1. The zero-order chi connectivity index (χ0) is 15.9. The summed E-state index contributed by atoms with van der Waals surface area (Å²) in [5.41, 5.74) is 1.54. The summed E-state index contributed by atoms with van der Waals surface area (Å²) in [7, 11) is 2.90. The maximum Gasteiger partial charge on any atom is 0.314 e. The summed E-state index contributed by atoms with van der Waals surface area (Å²) in [6.45, 7) is 0. The molecule has 1 N–H and O–H groups in total. The van der Waals surface area contributed by atoms with Gasteiger partial charge < -0.3 is 10.1 Å². The maximum absolute atomic E-state index is 12.4. The van der Waals surface area contributed by atoms with E-state index in [-0.39, 0.29) is 5.91 Å². The topological polar surface area (TPSA) is 55.4 Å². The Hall–Kier alpha value is -2.62. The molecule has 2 aromatic carbocycles. The van der Waals surface area contributed by atoms with E-state index in [1.54, 1.807) is 7.05 Å². The van der Waals surface area contributed by atoms with Gasteiger partial charge in [-0.1, -0.05) is 60.7 Å². The molecule has 22 heavy (non-hydrogen) atoms. The summed E-state index contributed by atoms with van der Waals surface area (Å²) in [4.78, 5) is 24.8. The predicted molar refractivity (Wildman–Crippen MR) is 84.4 cm³/mol. The molecular weight excluding hydrogens is 278 g/mol. The molecule has 1 amide bonds. The van der Waals surface area contributed by atoms with Crippen LogP contribution in [0.15, 0.2) is 60.7 Å². The number of methoxy groups -OCH3 is 1. The van der Waals surface area contributed by atoms with Crippen molar-refractivity contribution in [2.24, 2.45) is 0 Å². The van der Waals surface area contributed by atoms with Crippen LogP contribution in [0.3, 0.4) is 0 Å². The van der Waals surface area contributed by atoms with Crippen LogP contribution in [0.2, 0.25) is 0 Å². The third-order valence-electron chi connectivity index (χ3n) is 3.63. The molecule has 0 aliphatic heterocycles. The highest BCUT2D eigenvalue weighted by Gasteiger charge is 2.36. The number of nitrogens with one attached hydrogen (secondary N) is 1. The quantitative estimate of drug-likeness (QED) is 0.863. The molecule has 0 aliphatic carbocycles. The zero-order valence-corrected chi connectivity index (χ0v) is 12.7. The fourth-order valence-electron chi connectivity index (χ4n) is 2.56. The Morgan fingerprint density at radius 1 is 0.864 bits per heavy atom. The highest BCUT2D eigenvalue weighted by atomic mass is 16.5. The van der Waals surface area contributed by atoms with Gasteiger partial charge in [-0.15, -0.1) is 0 Å². The average molecular weight is 297 g/mol. The highest BCUT2D eigenvalue weighted by Crippen LogP contribution is 2.34. The largest absolute Gasteiger partial charge is 0.469 e. The zero-order valence-electron chi connectivity index (χ0n) is 12.7. The monoisotopic (exact) mass is 297 g/mol.